The lowest BCUT2D eigenvalue weighted by atomic mass is 10.2. The van der Waals surface area contributed by atoms with Gasteiger partial charge in [0.05, 0.1) is 11.3 Å². The third kappa shape index (κ3) is 3.76. The van der Waals surface area contributed by atoms with Gasteiger partial charge in [0, 0.05) is 6.54 Å². The summed E-state index contributed by atoms with van der Waals surface area (Å²) in [5.74, 6) is -1.14. The van der Waals surface area contributed by atoms with Crippen LogP contribution in [0.5, 0.6) is 5.75 Å². The number of phenolic OH excluding ortho intramolecular Hbond substituents is 1. The van der Waals surface area contributed by atoms with Crippen molar-refractivity contribution in [3.05, 3.63) is 36.4 Å². The van der Waals surface area contributed by atoms with Crippen molar-refractivity contribution in [3.8, 4) is 5.75 Å². The van der Waals surface area contributed by atoms with E-state index in [1.165, 1.54) is 18.2 Å². The second kappa shape index (κ2) is 5.86. The van der Waals surface area contributed by atoms with E-state index in [1.807, 2.05) is 0 Å². The molecule has 6 heteroatoms. The summed E-state index contributed by atoms with van der Waals surface area (Å²) in [7, 11) is 0. The summed E-state index contributed by atoms with van der Waals surface area (Å²) in [5.41, 5.74) is 0.309. The van der Waals surface area contributed by atoms with Gasteiger partial charge in [0.25, 0.3) is 0 Å². The molecule has 0 aliphatic rings. The highest BCUT2D eigenvalue weighted by Gasteiger charge is 2.08. The van der Waals surface area contributed by atoms with E-state index in [4.69, 9.17) is 17.3 Å². The minimum Gasteiger partial charge on any atom is -0.506 e. The molecule has 0 amide bonds. The molecule has 1 rings (SSSR count). The Kier molecular flexibility index (Phi) is 4.47. The van der Waals surface area contributed by atoms with Crippen LogP contribution >= 0.6 is 12.2 Å². The number of anilines is 1. The molecule has 0 spiro atoms. The number of benzene rings is 1. The van der Waals surface area contributed by atoms with Crippen molar-refractivity contribution in [2.24, 2.45) is 0 Å². The number of hydrogen-bond acceptors (Lipinski definition) is 3. The lowest BCUT2D eigenvalue weighted by Gasteiger charge is -2.10. The molecule has 0 atom stereocenters. The molecule has 0 aliphatic heterocycles. The quantitative estimate of drug-likeness (QED) is 0.370. The number of nitrogens with one attached hydrogen (secondary N) is 2. The molecule has 1 aromatic carbocycles. The zero-order chi connectivity index (χ0) is 12.8. The Hall–Kier alpha value is -2.08. The van der Waals surface area contributed by atoms with Gasteiger partial charge in [0.15, 0.2) is 5.11 Å². The van der Waals surface area contributed by atoms with Gasteiger partial charge in [0.1, 0.15) is 5.75 Å². The van der Waals surface area contributed by atoms with E-state index >= 15 is 0 Å². The number of thiocarbonyl (C=S) groups is 1. The van der Waals surface area contributed by atoms with E-state index in [9.17, 15) is 9.90 Å². The lowest BCUT2D eigenvalue weighted by molar-refractivity contribution is 0.0697. The van der Waals surface area contributed by atoms with Crippen molar-refractivity contribution in [1.29, 1.82) is 0 Å². The molecule has 0 aromatic heterocycles. The van der Waals surface area contributed by atoms with Crippen molar-refractivity contribution in [2.75, 3.05) is 11.9 Å². The molecule has 0 unspecified atom stereocenters. The first kappa shape index (κ1) is 13.0. The number of rotatable bonds is 4. The van der Waals surface area contributed by atoms with Gasteiger partial charge in [-0.1, -0.05) is 6.08 Å². The highest BCUT2D eigenvalue weighted by Crippen LogP contribution is 2.24. The minimum absolute atomic E-state index is 0.0665. The van der Waals surface area contributed by atoms with Crippen molar-refractivity contribution in [2.45, 2.75) is 0 Å². The van der Waals surface area contributed by atoms with Crippen molar-refractivity contribution >= 4 is 29.0 Å². The van der Waals surface area contributed by atoms with Crippen LogP contribution in [-0.4, -0.2) is 27.8 Å². The SMILES string of the molecule is C=CCNC(=S)Nc1cc(C(=O)O)ccc1O. The van der Waals surface area contributed by atoms with Crippen molar-refractivity contribution < 1.29 is 15.0 Å². The van der Waals surface area contributed by atoms with Crippen LogP contribution in [0.15, 0.2) is 30.9 Å². The van der Waals surface area contributed by atoms with E-state index in [1.54, 1.807) is 6.08 Å². The number of aromatic hydroxyl groups is 1. The van der Waals surface area contributed by atoms with E-state index in [0.717, 1.165) is 0 Å². The average molecular weight is 252 g/mol. The van der Waals surface area contributed by atoms with E-state index in [0.29, 0.717) is 6.54 Å². The molecule has 1 aromatic rings. The van der Waals surface area contributed by atoms with Crippen molar-refractivity contribution in [3.63, 3.8) is 0 Å². The topological polar surface area (TPSA) is 81.6 Å². The molecular weight excluding hydrogens is 240 g/mol. The minimum atomic E-state index is -1.07. The summed E-state index contributed by atoms with van der Waals surface area (Å²) < 4.78 is 0. The van der Waals surface area contributed by atoms with E-state index in [-0.39, 0.29) is 22.1 Å². The predicted molar refractivity (Wildman–Crippen MR) is 69.5 cm³/mol. The Labute approximate surface area is 104 Å². The Balaban J connectivity index is 2.82. The van der Waals surface area contributed by atoms with E-state index in [2.05, 4.69) is 17.2 Å². The third-order valence-electron chi connectivity index (χ3n) is 1.90. The molecule has 0 radical (unpaired) electrons. The molecule has 0 heterocycles. The summed E-state index contributed by atoms with van der Waals surface area (Å²) >= 11 is 4.94. The maximum atomic E-state index is 10.8. The van der Waals surface area contributed by atoms with Gasteiger partial charge in [-0.25, -0.2) is 4.79 Å². The molecular formula is C11H12N2O3S. The largest absolute Gasteiger partial charge is 0.506 e. The first-order valence-electron chi connectivity index (χ1n) is 4.76. The molecule has 0 saturated heterocycles. The number of hydrogen-bond donors (Lipinski definition) is 4. The van der Waals surface area contributed by atoms with Crippen LogP contribution in [0.25, 0.3) is 0 Å². The standard InChI is InChI=1S/C11H12N2O3S/c1-2-5-12-11(17)13-8-6-7(10(15)16)3-4-9(8)14/h2-4,6,14H,1,5H2,(H,15,16)(H2,12,13,17). The zero-order valence-electron chi connectivity index (χ0n) is 8.93. The maximum absolute atomic E-state index is 10.8. The van der Waals surface area contributed by atoms with Gasteiger partial charge in [-0.15, -0.1) is 6.58 Å². The fraction of sp³-hybridized carbons (Fsp3) is 0.0909. The average Bonchev–Trinajstić information content (AvgIpc) is 2.29. The van der Waals surface area contributed by atoms with Gasteiger partial charge in [0.2, 0.25) is 0 Å². The number of phenols is 1. The van der Waals surface area contributed by atoms with Crippen LogP contribution in [0.3, 0.4) is 0 Å². The molecule has 0 saturated carbocycles. The fourth-order valence-electron chi connectivity index (χ4n) is 1.10. The van der Waals surface area contributed by atoms with Crippen LogP contribution in [0, 0.1) is 0 Å². The highest BCUT2D eigenvalue weighted by atomic mass is 32.1. The molecule has 4 N–H and O–H groups in total. The summed E-state index contributed by atoms with van der Waals surface area (Å²) in [5, 5.41) is 24.1. The monoisotopic (exact) mass is 252 g/mol. The van der Waals surface area contributed by atoms with Gasteiger partial charge in [-0.3, -0.25) is 0 Å². The number of aromatic carboxylic acids is 1. The summed E-state index contributed by atoms with van der Waals surface area (Å²) in [6.45, 7) is 3.99. The van der Waals surface area contributed by atoms with Gasteiger partial charge in [-0.05, 0) is 30.4 Å². The highest BCUT2D eigenvalue weighted by molar-refractivity contribution is 7.80. The maximum Gasteiger partial charge on any atom is 0.335 e. The van der Waals surface area contributed by atoms with Gasteiger partial charge >= 0.3 is 5.97 Å². The summed E-state index contributed by atoms with van der Waals surface area (Å²) in [4.78, 5) is 10.8. The normalized spacial score (nSPS) is 9.41. The number of carboxylic acid groups (broad SMARTS) is 1. The van der Waals surface area contributed by atoms with Crippen LogP contribution < -0.4 is 10.6 Å². The first-order valence-corrected chi connectivity index (χ1v) is 5.17. The number of carbonyl (C=O) groups is 1. The second-order valence-corrected chi connectivity index (χ2v) is 3.57. The zero-order valence-corrected chi connectivity index (χ0v) is 9.75. The second-order valence-electron chi connectivity index (χ2n) is 3.16. The van der Waals surface area contributed by atoms with Crippen LogP contribution in [-0.2, 0) is 0 Å². The van der Waals surface area contributed by atoms with Crippen LogP contribution in [0.4, 0.5) is 5.69 Å². The molecule has 0 bridgehead atoms. The van der Waals surface area contributed by atoms with E-state index < -0.39 is 5.97 Å². The Morgan fingerprint density at radius 3 is 2.82 bits per heavy atom. The Morgan fingerprint density at radius 1 is 1.53 bits per heavy atom. The molecule has 0 fully saturated rings. The molecule has 5 nitrogen and oxygen atoms in total. The molecule has 0 aliphatic carbocycles. The van der Waals surface area contributed by atoms with Crippen LogP contribution in [0.1, 0.15) is 10.4 Å². The van der Waals surface area contributed by atoms with Gasteiger partial charge in [-0.2, -0.15) is 0 Å². The number of carboxylic acids is 1. The fourth-order valence-corrected chi connectivity index (χ4v) is 1.29. The first-order chi connectivity index (χ1) is 8.04. The Morgan fingerprint density at radius 2 is 2.24 bits per heavy atom. The summed E-state index contributed by atoms with van der Waals surface area (Å²) in [6, 6.07) is 3.91. The molecule has 90 valence electrons. The van der Waals surface area contributed by atoms with Gasteiger partial charge < -0.3 is 20.8 Å². The smallest absolute Gasteiger partial charge is 0.335 e. The molecule has 17 heavy (non-hydrogen) atoms. The van der Waals surface area contributed by atoms with Crippen molar-refractivity contribution in [1.82, 2.24) is 5.32 Å². The predicted octanol–water partition coefficient (Wildman–Crippen LogP) is 1.56. The Bertz CT molecular complexity index is 460. The third-order valence-corrected chi connectivity index (χ3v) is 2.15. The summed E-state index contributed by atoms with van der Waals surface area (Å²) in [6.07, 6.45) is 1.63. The lowest BCUT2D eigenvalue weighted by Crippen LogP contribution is -2.28. The van der Waals surface area contributed by atoms with Crippen LogP contribution in [0.2, 0.25) is 0 Å².